The molecule has 2 bridgehead atoms. The van der Waals surface area contributed by atoms with Gasteiger partial charge in [-0.25, -0.2) is 0 Å². The maximum Gasteiger partial charge on any atom is 0.310 e. The Hall–Kier alpha value is -2.44. The minimum atomic E-state index is -0.508. The number of amides is 1. The van der Waals surface area contributed by atoms with Gasteiger partial charge in [0.05, 0.1) is 16.8 Å². The lowest BCUT2D eigenvalue weighted by molar-refractivity contribution is -0.384. The van der Waals surface area contributed by atoms with Gasteiger partial charge in [-0.2, -0.15) is 0 Å². The zero-order valence-corrected chi connectivity index (χ0v) is 11.6. The van der Waals surface area contributed by atoms with Crippen LogP contribution in [0.1, 0.15) is 12.8 Å². The molecule has 0 spiro atoms. The van der Waals surface area contributed by atoms with Gasteiger partial charge in [0.15, 0.2) is 0 Å². The van der Waals surface area contributed by atoms with E-state index in [1.54, 1.807) is 6.07 Å². The van der Waals surface area contributed by atoms with E-state index in [2.05, 4.69) is 5.32 Å². The number of benzene rings is 1. The number of rotatable bonds is 3. The standard InChI is InChI=1S/C15H14N2O5/c18-14(16-8-2-1-3-9(6-8)17(20)21)12-7-4-10-11(5-7)22-15(19)13(10)12/h1-3,6-7,10-13H,4-5H2,(H,16,18)/t7-,10-,11+,12+,13-/m1/s1. The smallest absolute Gasteiger partial charge is 0.310 e. The second-order valence-corrected chi connectivity index (χ2v) is 6.22. The van der Waals surface area contributed by atoms with E-state index in [0.29, 0.717) is 5.69 Å². The Bertz CT molecular complexity index is 686. The van der Waals surface area contributed by atoms with E-state index in [0.717, 1.165) is 12.8 Å². The number of hydrogen-bond acceptors (Lipinski definition) is 5. The van der Waals surface area contributed by atoms with Gasteiger partial charge in [0, 0.05) is 23.7 Å². The van der Waals surface area contributed by atoms with Gasteiger partial charge in [0.1, 0.15) is 6.10 Å². The van der Waals surface area contributed by atoms with Crippen LogP contribution < -0.4 is 5.32 Å². The summed E-state index contributed by atoms with van der Waals surface area (Å²) < 4.78 is 5.31. The zero-order valence-electron chi connectivity index (χ0n) is 11.6. The molecule has 1 aromatic carbocycles. The predicted octanol–water partition coefficient (Wildman–Crippen LogP) is 1.73. The largest absolute Gasteiger partial charge is 0.462 e. The minimum Gasteiger partial charge on any atom is -0.462 e. The summed E-state index contributed by atoms with van der Waals surface area (Å²) in [5.74, 6) is -0.897. The minimum absolute atomic E-state index is 0.00985. The average Bonchev–Trinajstić information content (AvgIpc) is 3.08. The highest BCUT2D eigenvalue weighted by atomic mass is 16.6. The van der Waals surface area contributed by atoms with Crippen molar-refractivity contribution in [1.29, 1.82) is 0 Å². The molecule has 2 saturated carbocycles. The number of ether oxygens (including phenoxy) is 1. The first-order valence-electron chi connectivity index (χ1n) is 7.30. The third-order valence-corrected chi connectivity index (χ3v) is 5.11. The van der Waals surface area contributed by atoms with Crippen LogP contribution in [0.4, 0.5) is 11.4 Å². The maximum atomic E-state index is 12.5. The second kappa shape index (κ2) is 4.53. The van der Waals surface area contributed by atoms with Gasteiger partial charge in [-0.05, 0) is 24.8 Å². The summed E-state index contributed by atoms with van der Waals surface area (Å²) in [4.78, 5) is 34.7. The third kappa shape index (κ3) is 1.81. The molecule has 2 aliphatic carbocycles. The van der Waals surface area contributed by atoms with Gasteiger partial charge in [0.2, 0.25) is 5.91 Å². The molecule has 0 unspecified atom stereocenters. The number of carbonyl (C=O) groups is 2. The zero-order chi connectivity index (χ0) is 15.4. The molecule has 1 amide bonds. The lowest BCUT2D eigenvalue weighted by Crippen LogP contribution is -2.35. The van der Waals surface area contributed by atoms with Crippen molar-refractivity contribution in [2.24, 2.45) is 23.7 Å². The number of anilines is 1. The van der Waals surface area contributed by atoms with Crippen LogP contribution in [-0.4, -0.2) is 22.9 Å². The molecule has 1 N–H and O–H groups in total. The molecular formula is C15H14N2O5. The molecule has 1 aromatic rings. The molecule has 1 aliphatic heterocycles. The van der Waals surface area contributed by atoms with Gasteiger partial charge >= 0.3 is 5.97 Å². The molecule has 1 saturated heterocycles. The van der Waals surface area contributed by atoms with Crippen molar-refractivity contribution in [2.75, 3.05) is 5.32 Å². The van der Waals surface area contributed by atoms with E-state index in [4.69, 9.17) is 4.74 Å². The fourth-order valence-electron chi connectivity index (χ4n) is 4.29. The summed E-state index contributed by atoms with van der Waals surface area (Å²) in [6, 6.07) is 5.81. The van der Waals surface area contributed by atoms with Gasteiger partial charge in [0.25, 0.3) is 5.69 Å². The lowest BCUT2D eigenvalue weighted by Gasteiger charge is -2.23. The number of non-ortho nitro benzene ring substituents is 1. The SMILES string of the molecule is O=C1O[C@H]2C[C@H]3C[C@H]2[C@@H]1[C@H]3C(=O)Nc1cccc([N+](=O)[O-])c1. The van der Waals surface area contributed by atoms with Gasteiger partial charge in [-0.1, -0.05) is 6.07 Å². The highest BCUT2D eigenvalue weighted by Gasteiger charge is 2.63. The van der Waals surface area contributed by atoms with Crippen LogP contribution >= 0.6 is 0 Å². The van der Waals surface area contributed by atoms with E-state index in [-0.39, 0.29) is 47.3 Å². The molecule has 7 nitrogen and oxygen atoms in total. The molecule has 22 heavy (non-hydrogen) atoms. The number of nitro groups is 1. The molecule has 7 heteroatoms. The van der Waals surface area contributed by atoms with E-state index in [1.807, 2.05) is 0 Å². The summed E-state index contributed by atoms with van der Waals surface area (Å²) in [5, 5.41) is 13.5. The molecule has 1 heterocycles. The summed E-state index contributed by atoms with van der Waals surface area (Å²) in [6.07, 6.45) is 1.60. The molecule has 5 atom stereocenters. The fraction of sp³-hybridized carbons (Fsp3) is 0.467. The Kier molecular flexibility index (Phi) is 2.72. The number of fused-ring (bicyclic) bond motifs is 1. The van der Waals surface area contributed by atoms with Gasteiger partial charge in [-0.3, -0.25) is 19.7 Å². The average molecular weight is 302 g/mol. The van der Waals surface area contributed by atoms with Crippen LogP contribution in [0, 0.1) is 33.8 Å². The van der Waals surface area contributed by atoms with Crippen molar-refractivity contribution >= 4 is 23.3 Å². The highest BCUT2D eigenvalue weighted by molar-refractivity contribution is 5.97. The van der Waals surface area contributed by atoms with Gasteiger partial charge < -0.3 is 10.1 Å². The van der Waals surface area contributed by atoms with Crippen molar-refractivity contribution < 1.29 is 19.2 Å². The molecule has 3 aliphatic rings. The molecular weight excluding hydrogens is 288 g/mol. The van der Waals surface area contributed by atoms with Crippen molar-refractivity contribution in [1.82, 2.24) is 0 Å². The quantitative estimate of drug-likeness (QED) is 0.521. The van der Waals surface area contributed by atoms with E-state index in [1.165, 1.54) is 18.2 Å². The van der Waals surface area contributed by atoms with Crippen LogP contribution in [-0.2, 0) is 14.3 Å². The molecule has 0 aromatic heterocycles. The van der Waals surface area contributed by atoms with Crippen molar-refractivity contribution in [3.63, 3.8) is 0 Å². The Morgan fingerprint density at radius 1 is 1.36 bits per heavy atom. The number of esters is 1. The van der Waals surface area contributed by atoms with Crippen LogP contribution in [0.5, 0.6) is 0 Å². The lowest BCUT2D eigenvalue weighted by atomic mass is 9.79. The first-order chi connectivity index (χ1) is 10.5. The summed E-state index contributed by atoms with van der Waals surface area (Å²) in [7, 11) is 0. The normalized spacial score (nSPS) is 34.5. The summed E-state index contributed by atoms with van der Waals surface area (Å²) in [5.41, 5.74) is 0.302. The first-order valence-corrected chi connectivity index (χ1v) is 7.30. The fourth-order valence-corrected chi connectivity index (χ4v) is 4.29. The predicted molar refractivity (Wildman–Crippen MR) is 74.8 cm³/mol. The van der Waals surface area contributed by atoms with Crippen LogP contribution in [0.25, 0.3) is 0 Å². The number of nitrogens with one attached hydrogen (secondary N) is 1. The maximum absolute atomic E-state index is 12.5. The first kappa shape index (κ1) is 13.2. The second-order valence-electron chi connectivity index (χ2n) is 6.22. The van der Waals surface area contributed by atoms with E-state index in [9.17, 15) is 19.7 Å². The molecule has 3 fully saturated rings. The monoisotopic (exact) mass is 302 g/mol. The Labute approximate surface area is 125 Å². The Morgan fingerprint density at radius 3 is 2.95 bits per heavy atom. The molecule has 114 valence electrons. The number of hydrogen-bond donors (Lipinski definition) is 1. The van der Waals surface area contributed by atoms with E-state index < -0.39 is 4.92 Å². The molecule has 4 rings (SSSR count). The summed E-state index contributed by atoms with van der Waals surface area (Å²) >= 11 is 0. The van der Waals surface area contributed by atoms with Crippen LogP contribution in [0.3, 0.4) is 0 Å². The third-order valence-electron chi connectivity index (χ3n) is 5.11. The van der Waals surface area contributed by atoms with Crippen molar-refractivity contribution in [3.05, 3.63) is 34.4 Å². The van der Waals surface area contributed by atoms with Crippen LogP contribution in [0.15, 0.2) is 24.3 Å². The highest BCUT2D eigenvalue weighted by Crippen LogP contribution is 2.57. The van der Waals surface area contributed by atoms with Crippen LogP contribution in [0.2, 0.25) is 0 Å². The topological polar surface area (TPSA) is 98.5 Å². The van der Waals surface area contributed by atoms with Crippen molar-refractivity contribution in [2.45, 2.75) is 18.9 Å². The summed E-state index contributed by atoms with van der Waals surface area (Å²) in [6.45, 7) is 0. The Balaban J connectivity index is 1.55. The number of nitro benzene ring substituents is 1. The number of nitrogens with zero attached hydrogens (tertiary/aromatic N) is 1. The Morgan fingerprint density at radius 2 is 2.18 bits per heavy atom. The van der Waals surface area contributed by atoms with Crippen molar-refractivity contribution in [3.8, 4) is 0 Å². The van der Waals surface area contributed by atoms with Gasteiger partial charge in [-0.15, -0.1) is 0 Å². The van der Waals surface area contributed by atoms with E-state index >= 15 is 0 Å². The molecule has 0 radical (unpaired) electrons. The number of carbonyl (C=O) groups excluding carboxylic acids is 2.